The van der Waals surface area contributed by atoms with E-state index < -0.39 is 11.4 Å². The highest BCUT2D eigenvalue weighted by molar-refractivity contribution is 5.12. The third kappa shape index (κ3) is 1.36. The molecule has 3 aliphatic rings. The number of ether oxygens (including phenoxy) is 4. The van der Waals surface area contributed by atoms with Gasteiger partial charge < -0.3 is 24.1 Å². The van der Waals surface area contributed by atoms with E-state index >= 15 is 0 Å². The third-order valence-electron chi connectivity index (χ3n) is 3.66. The lowest BCUT2D eigenvalue weighted by Crippen LogP contribution is -2.55. The van der Waals surface area contributed by atoms with E-state index in [0.29, 0.717) is 12.8 Å². The van der Waals surface area contributed by atoms with E-state index in [0.717, 1.165) is 0 Å². The summed E-state index contributed by atoms with van der Waals surface area (Å²) >= 11 is 0. The number of methoxy groups -OCH3 is 1. The molecule has 0 bridgehead atoms. The number of aliphatic hydroxyl groups excluding tert-OH is 1. The van der Waals surface area contributed by atoms with E-state index in [9.17, 15) is 5.11 Å². The van der Waals surface area contributed by atoms with Crippen LogP contribution in [0.3, 0.4) is 0 Å². The Morgan fingerprint density at radius 3 is 2.44 bits per heavy atom. The molecule has 0 radical (unpaired) electrons. The van der Waals surface area contributed by atoms with Gasteiger partial charge in [0.15, 0.2) is 12.1 Å². The van der Waals surface area contributed by atoms with Gasteiger partial charge in [0, 0.05) is 20.0 Å². The Kier molecular flexibility index (Phi) is 2.17. The van der Waals surface area contributed by atoms with Gasteiger partial charge in [0.1, 0.15) is 17.8 Å². The van der Waals surface area contributed by atoms with Crippen LogP contribution < -0.4 is 0 Å². The number of fused-ring (bicyclic) bond motifs is 2. The predicted octanol–water partition coefficient (Wildman–Crippen LogP) is 0.403. The van der Waals surface area contributed by atoms with Crippen LogP contribution >= 0.6 is 0 Å². The normalized spacial score (nSPS) is 54.0. The van der Waals surface area contributed by atoms with Gasteiger partial charge >= 0.3 is 0 Å². The fourth-order valence-electron chi connectivity index (χ4n) is 3.01. The molecule has 92 valence electrons. The summed E-state index contributed by atoms with van der Waals surface area (Å²) in [5.74, 6) is -0.594. The summed E-state index contributed by atoms with van der Waals surface area (Å²) in [6, 6.07) is 0. The highest BCUT2D eigenvalue weighted by Gasteiger charge is 2.67. The molecule has 16 heavy (non-hydrogen) atoms. The van der Waals surface area contributed by atoms with Crippen LogP contribution in [0.2, 0.25) is 0 Å². The zero-order valence-electron chi connectivity index (χ0n) is 9.80. The Labute approximate surface area is 94.6 Å². The van der Waals surface area contributed by atoms with Crippen LogP contribution in [0.25, 0.3) is 0 Å². The second-order valence-electron chi connectivity index (χ2n) is 5.37. The molecule has 3 fully saturated rings. The molecule has 2 aliphatic heterocycles. The molecule has 0 unspecified atom stereocenters. The van der Waals surface area contributed by atoms with E-state index in [1.54, 1.807) is 7.11 Å². The fourth-order valence-corrected chi connectivity index (χ4v) is 3.01. The Bertz CT molecular complexity index is 297. The van der Waals surface area contributed by atoms with Gasteiger partial charge in [-0.15, -0.1) is 0 Å². The van der Waals surface area contributed by atoms with Crippen molar-refractivity contribution in [1.82, 2.24) is 0 Å². The molecule has 1 aliphatic carbocycles. The molecular formula is C11H18O5. The zero-order valence-corrected chi connectivity index (χ0v) is 9.80. The summed E-state index contributed by atoms with van der Waals surface area (Å²) in [5, 5.41) is 9.47. The van der Waals surface area contributed by atoms with Crippen LogP contribution in [0.15, 0.2) is 0 Å². The summed E-state index contributed by atoms with van der Waals surface area (Å²) < 4.78 is 22.8. The largest absolute Gasteiger partial charge is 0.393 e. The molecule has 3 rings (SSSR count). The average molecular weight is 230 g/mol. The van der Waals surface area contributed by atoms with Gasteiger partial charge in [-0.1, -0.05) is 0 Å². The van der Waals surface area contributed by atoms with Crippen LogP contribution in [0.4, 0.5) is 0 Å². The third-order valence-corrected chi connectivity index (χ3v) is 3.66. The number of rotatable bonds is 1. The Morgan fingerprint density at radius 2 is 1.88 bits per heavy atom. The highest BCUT2D eigenvalue weighted by Crippen LogP contribution is 2.52. The van der Waals surface area contributed by atoms with Crippen LogP contribution in [0, 0.1) is 0 Å². The number of hydrogen-bond acceptors (Lipinski definition) is 5. The molecule has 0 aromatic rings. The Hall–Kier alpha value is -0.200. The molecule has 5 nitrogen and oxygen atoms in total. The zero-order chi connectivity index (χ0) is 11.6. The van der Waals surface area contributed by atoms with Crippen molar-refractivity contribution in [1.29, 1.82) is 0 Å². The molecule has 0 amide bonds. The van der Waals surface area contributed by atoms with E-state index in [1.807, 2.05) is 13.8 Å². The molecule has 1 N–H and O–H groups in total. The summed E-state index contributed by atoms with van der Waals surface area (Å²) in [7, 11) is 1.60. The quantitative estimate of drug-likeness (QED) is 0.706. The number of aliphatic hydroxyl groups is 1. The first-order chi connectivity index (χ1) is 7.46. The predicted molar refractivity (Wildman–Crippen MR) is 53.7 cm³/mol. The second-order valence-corrected chi connectivity index (χ2v) is 5.37. The van der Waals surface area contributed by atoms with Crippen molar-refractivity contribution in [3.8, 4) is 0 Å². The van der Waals surface area contributed by atoms with Gasteiger partial charge in [-0.05, 0) is 13.8 Å². The molecule has 2 heterocycles. The minimum atomic E-state index is -0.594. The first-order valence-electron chi connectivity index (χ1n) is 5.70. The van der Waals surface area contributed by atoms with Crippen LogP contribution in [-0.4, -0.2) is 48.2 Å². The lowest BCUT2D eigenvalue weighted by Gasteiger charge is -2.44. The first kappa shape index (κ1) is 10.9. The molecule has 0 aromatic carbocycles. The van der Waals surface area contributed by atoms with Gasteiger partial charge in [0.05, 0.1) is 6.10 Å². The maximum Gasteiger partial charge on any atom is 0.186 e. The van der Waals surface area contributed by atoms with E-state index in [2.05, 4.69) is 0 Å². The summed E-state index contributed by atoms with van der Waals surface area (Å²) in [5.41, 5.74) is -0.404. The van der Waals surface area contributed by atoms with Gasteiger partial charge in [0.2, 0.25) is 0 Å². The van der Waals surface area contributed by atoms with Crippen molar-refractivity contribution in [3.05, 3.63) is 0 Å². The van der Waals surface area contributed by atoms with Crippen molar-refractivity contribution in [3.63, 3.8) is 0 Å². The van der Waals surface area contributed by atoms with Gasteiger partial charge in [-0.2, -0.15) is 0 Å². The van der Waals surface area contributed by atoms with Crippen LogP contribution in [0.1, 0.15) is 26.7 Å². The Morgan fingerprint density at radius 1 is 1.19 bits per heavy atom. The van der Waals surface area contributed by atoms with Crippen LogP contribution in [-0.2, 0) is 18.9 Å². The molecule has 1 saturated carbocycles. The minimum absolute atomic E-state index is 0.129. The molecule has 3 atom stereocenters. The van der Waals surface area contributed by atoms with Crippen molar-refractivity contribution in [2.45, 2.75) is 62.7 Å². The summed E-state index contributed by atoms with van der Waals surface area (Å²) in [6.45, 7) is 3.78. The maximum atomic E-state index is 9.47. The minimum Gasteiger partial charge on any atom is -0.393 e. The maximum absolute atomic E-state index is 9.47. The topological polar surface area (TPSA) is 57.2 Å². The van der Waals surface area contributed by atoms with Gasteiger partial charge in [-0.25, -0.2) is 0 Å². The SMILES string of the molecule is CO[C@@H]1O[C@]2(C[C@@H](O)C2)[C@H]2OC(C)(C)O[C@@H]12. The summed E-state index contributed by atoms with van der Waals surface area (Å²) in [6.07, 6.45) is 0.215. The smallest absolute Gasteiger partial charge is 0.186 e. The monoisotopic (exact) mass is 230 g/mol. The standard InChI is InChI=1S/C11H18O5/c1-10(2)14-7-8(15-10)11(4-6(12)5-11)16-9(7)13-3/h6-9,12H,4-5H2,1-3H3/t6-,7-,8+,9-,11+/m1/s1. The summed E-state index contributed by atoms with van der Waals surface area (Å²) in [4.78, 5) is 0. The van der Waals surface area contributed by atoms with Crippen LogP contribution in [0.5, 0.6) is 0 Å². The van der Waals surface area contributed by atoms with Crippen molar-refractivity contribution in [2.75, 3.05) is 7.11 Å². The molecule has 2 saturated heterocycles. The second kappa shape index (κ2) is 3.17. The van der Waals surface area contributed by atoms with Crippen molar-refractivity contribution < 1.29 is 24.1 Å². The van der Waals surface area contributed by atoms with E-state index in [1.165, 1.54) is 0 Å². The van der Waals surface area contributed by atoms with Gasteiger partial charge in [-0.3, -0.25) is 0 Å². The fraction of sp³-hybridized carbons (Fsp3) is 1.00. The van der Waals surface area contributed by atoms with E-state index in [4.69, 9.17) is 18.9 Å². The molecule has 1 spiro atoms. The molecule has 5 heteroatoms. The average Bonchev–Trinajstić information content (AvgIpc) is 2.58. The number of hydrogen-bond donors (Lipinski definition) is 1. The van der Waals surface area contributed by atoms with Crippen molar-refractivity contribution in [2.24, 2.45) is 0 Å². The van der Waals surface area contributed by atoms with E-state index in [-0.39, 0.29) is 24.6 Å². The lowest BCUT2D eigenvalue weighted by atomic mass is 9.73. The molecular weight excluding hydrogens is 212 g/mol. The Balaban J connectivity index is 1.84. The lowest BCUT2D eigenvalue weighted by molar-refractivity contribution is -0.277. The molecule has 0 aromatic heterocycles. The van der Waals surface area contributed by atoms with Crippen molar-refractivity contribution >= 4 is 0 Å². The highest BCUT2D eigenvalue weighted by atomic mass is 16.8. The van der Waals surface area contributed by atoms with Gasteiger partial charge in [0.25, 0.3) is 0 Å². The first-order valence-corrected chi connectivity index (χ1v) is 5.70.